The third-order valence-corrected chi connectivity index (χ3v) is 5.59. The standard InChI is InChI=1S/C19H26N4O2S/c1-3-25-16-12-8-7-11-15(16)18-21-22-19(23(18)2)26-13-17(24)20-14-9-5-4-6-10-14/h7-8,11-12,14H,3-6,9-10,13H2,1-2H3,(H,20,24). The summed E-state index contributed by atoms with van der Waals surface area (Å²) in [7, 11) is 1.92. The fourth-order valence-corrected chi connectivity index (χ4v) is 3.98. The Bertz CT molecular complexity index is 741. The monoisotopic (exact) mass is 374 g/mol. The maximum absolute atomic E-state index is 12.2. The highest BCUT2D eigenvalue weighted by Gasteiger charge is 2.18. The van der Waals surface area contributed by atoms with Gasteiger partial charge in [0.2, 0.25) is 5.91 Å². The van der Waals surface area contributed by atoms with Gasteiger partial charge < -0.3 is 14.6 Å². The van der Waals surface area contributed by atoms with E-state index in [1.54, 1.807) is 0 Å². The zero-order valence-corrected chi connectivity index (χ0v) is 16.2. The summed E-state index contributed by atoms with van der Waals surface area (Å²) in [5.41, 5.74) is 0.905. The van der Waals surface area contributed by atoms with Crippen LogP contribution in [0.3, 0.4) is 0 Å². The molecule has 1 saturated carbocycles. The van der Waals surface area contributed by atoms with Gasteiger partial charge in [0.25, 0.3) is 0 Å². The molecule has 0 saturated heterocycles. The highest BCUT2D eigenvalue weighted by atomic mass is 32.2. The Hall–Kier alpha value is -2.02. The first-order chi connectivity index (χ1) is 12.7. The summed E-state index contributed by atoms with van der Waals surface area (Å²) in [4.78, 5) is 12.2. The Balaban J connectivity index is 1.63. The zero-order chi connectivity index (χ0) is 18.4. The number of amides is 1. The second kappa shape index (κ2) is 9.07. The van der Waals surface area contributed by atoms with E-state index >= 15 is 0 Å². The molecule has 1 aromatic heterocycles. The van der Waals surface area contributed by atoms with Crippen molar-refractivity contribution >= 4 is 17.7 Å². The van der Waals surface area contributed by atoms with Gasteiger partial charge in [0.05, 0.1) is 17.9 Å². The van der Waals surface area contributed by atoms with Crippen LogP contribution < -0.4 is 10.1 Å². The highest BCUT2D eigenvalue weighted by Crippen LogP contribution is 2.30. The van der Waals surface area contributed by atoms with Crippen molar-refractivity contribution < 1.29 is 9.53 Å². The fraction of sp³-hybridized carbons (Fsp3) is 0.526. The Kier molecular flexibility index (Phi) is 6.55. The van der Waals surface area contributed by atoms with E-state index in [0.29, 0.717) is 18.4 Å². The molecular weight excluding hydrogens is 348 g/mol. The van der Waals surface area contributed by atoms with Crippen molar-refractivity contribution in [3.05, 3.63) is 24.3 Å². The minimum atomic E-state index is 0.0705. The number of hydrogen-bond acceptors (Lipinski definition) is 5. The molecule has 1 aromatic carbocycles. The molecule has 0 radical (unpaired) electrons. The third-order valence-electron chi connectivity index (χ3n) is 4.57. The molecule has 7 heteroatoms. The van der Waals surface area contributed by atoms with E-state index in [1.165, 1.54) is 31.0 Å². The number of para-hydroxylation sites is 1. The lowest BCUT2D eigenvalue weighted by molar-refractivity contribution is -0.119. The molecule has 1 fully saturated rings. The fourth-order valence-electron chi connectivity index (χ4n) is 3.25. The van der Waals surface area contributed by atoms with Gasteiger partial charge in [-0.15, -0.1) is 10.2 Å². The molecule has 1 amide bonds. The molecule has 3 rings (SSSR count). The predicted octanol–water partition coefficient (Wildman–Crippen LogP) is 3.42. The number of benzene rings is 1. The number of nitrogens with zero attached hydrogens (tertiary/aromatic N) is 3. The van der Waals surface area contributed by atoms with E-state index in [2.05, 4.69) is 15.5 Å². The van der Waals surface area contributed by atoms with Crippen molar-refractivity contribution in [1.82, 2.24) is 20.1 Å². The lowest BCUT2D eigenvalue weighted by Gasteiger charge is -2.22. The average Bonchev–Trinajstić information content (AvgIpc) is 3.02. The van der Waals surface area contributed by atoms with Crippen LogP contribution in [0.2, 0.25) is 0 Å². The minimum absolute atomic E-state index is 0.0705. The summed E-state index contributed by atoms with van der Waals surface area (Å²) >= 11 is 1.41. The predicted molar refractivity (Wildman–Crippen MR) is 103 cm³/mol. The number of rotatable bonds is 7. The molecule has 0 aliphatic heterocycles. The van der Waals surface area contributed by atoms with E-state index in [9.17, 15) is 4.79 Å². The molecule has 6 nitrogen and oxygen atoms in total. The van der Waals surface area contributed by atoms with Crippen LogP contribution in [0.15, 0.2) is 29.4 Å². The van der Waals surface area contributed by atoms with Gasteiger partial charge in [0.15, 0.2) is 11.0 Å². The number of aromatic nitrogens is 3. The van der Waals surface area contributed by atoms with Crippen LogP contribution in [0.4, 0.5) is 0 Å². The van der Waals surface area contributed by atoms with Gasteiger partial charge in [-0.1, -0.05) is 43.2 Å². The molecule has 26 heavy (non-hydrogen) atoms. The van der Waals surface area contributed by atoms with Crippen LogP contribution >= 0.6 is 11.8 Å². The van der Waals surface area contributed by atoms with Crippen LogP contribution in [0.1, 0.15) is 39.0 Å². The number of thioether (sulfide) groups is 1. The Morgan fingerprint density at radius 3 is 2.81 bits per heavy atom. The topological polar surface area (TPSA) is 69.0 Å². The van der Waals surface area contributed by atoms with Crippen molar-refractivity contribution in [2.75, 3.05) is 12.4 Å². The Morgan fingerprint density at radius 2 is 2.04 bits per heavy atom. The first-order valence-corrected chi connectivity index (χ1v) is 10.2. The summed E-state index contributed by atoms with van der Waals surface area (Å²) < 4.78 is 7.60. The van der Waals surface area contributed by atoms with Gasteiger partial charge in [0.1, 0.15) is 5.75 Å². The van der Waals surface area contributed by atoms with Crippen molar-refractivity contribution in [2.24, 2.45) is 7.05 Å². The summed E-state index contributed by atoms with van der Waals surface area (Å²) in [5, 5.41) is 12.4. The number of carbonyl (C=O) groups is 1. The van der Waals surface area contributed by atoms with Crippen LogP contribution in [-0.4, -0.2) is 39.1 Å². The summed E-state index contributed by atoms with van der Waals surface area (Å²) in [6.45, 7) is 2.55. The van der Waals surface area contributed by atoms with Gasteiger partial charge in [-0.05, 0) is 31.9 Å². The third kappa shape index (κ3) is 4.58. The number of nitrogens with one attached hydrogen (secondary N) is 1. The van der Waals surface area contributed by atoms with Crippen molar-refractivity contribution in [2.45, 2.75) is 50.2 Å². The van der Waals surface area contributed by atoms with Gasteiger partial charge in [0, 0.05) is 13.1 Å². The summed E-state index contributed by atoms with van der Waals surface area (Å²) in [5.74, 6) is 1.96. The van der Waals surface area contributed by atoms with Crippen LogP contribution in [0.5, 0.6) is 5.75 Å². The molecule has 1 N–H and O–H groups in total. The van der Waals surface area contributed by atoms with E-state index in [1.807, 2.05) is 42.8 Å². The van der Waals surface area contributed by atoms with Gasteiger partial charge in [-0.25, -0.2) is 0 Å². The second-order valence-electron chi connectivity index (χ2n) is 6.49. The quantitative estimate of drug-likeness (QED) is 0.752. The van der Waals surface area contributed by atoms with Gasteiger partial charge in [-0.3, -0.25) is 4.79 Å². The highest BCUT2D eigenvalue weighted by molar-refractivity contribution is 7.99. The molecule has 1 aliphatic rings. The summed E-state index contributed by atoms with van der Waals surface area (Å²) in [6, 6.07) is 8.13. The van der Waals surface area contributed by atoms with Crippen LogP contribution in [0.25, 0.3) is 11.4 Å². The lowest BCUT2D eigenvalue weighted by atomic mass is 9.95. The zero-order valence-electron chi connectivity index (χ0n) is 15.4. The van der Waals surface area contributed by atoms with Crippen molar-refractivity contribution in [1.29, 1.82) is 0 Å². The molecule has 0 bridgehead atoms. The lowest BCUT2D eigenvalue weighted by Crippen LogP contribution is -2.37. The van der Waals surface area contributed by atoms with Crippen LogP contribution in [0, 0.1) is 0 Å². The van der Waals surface area contributed by atoms with Crippen LogP contribution in [-0.2, 0) is 11.8 Å². The smallest absolute Gasteiger partial charge is 0.230 e. The largest absolute Gasteiger partial charge is 0.493 e. The number of carbonyl (C=O) groups excluding carboxylic acids is 1. The van der Waals surface area contributed by atoms with Gasteiger partial charge >= 0.3 is 0 Å². The molecular formula is C19H26N4O2S. The Morgan fingerprint density at radius 1 is 1.27 bits per heavy atom. The molecule has 0 spiro atoms. The van der Waals surface area contributed by atoms with E-state index in [4.69, 9.17) is 4.74 Å². The maximum Gasteiger partial charge on any atom is 0.230 e. The minimum Gasteiger partial charge on any atom is -0.493 e. The molecule has 0 unspecified atom stereocenters. The average molecular weight is 375 g/mol. The van der Waals surface area contributed by atoms with Crippen molar-refractivity contribution in [3.63, 3.8) is 0 Å². The number of hydrogen-bond donors (Lipinski definition) is 1. The first kappa shape index (κ1) is 18.8. The molecule has 140 valence electrons. The molecule has 2 aromatic rings. The van der Waals surface area contributed by atoms with E-state index in [-0.39, 0.29) is 5.91 Å². The SMILES string of the molecule is CCOc1ccccc1-c1nnc(SCC(=O)NC2CCCCC2)n1C. The second-order valence-corrected chi connectivity index (χ2v) is 7.43. The molecule has 1 heterocycles. The van der Waals surface area contributed by atoms with Crippen molar-refractivity contribution in [3.8, 4) is 17.1 Å². The maximum atomic E-state index is 12.2. The van der Waals surface area contributed by atoms with E-state index in [0.717, 1.165) is 35.1 Å². The normalized spacial score (nSPS) is 15.0. The summed E-state index contributed by atoms with van der Waals surface area (Å²) in [6.07, 6.45) is 5.90. The Labute approximate surface area is 158 Å². The first-order valence-electron chi connectivity index (χ1n) is 9.22. The number of ether oxygens (including phenoxy) is 1. The molecule has 0 atom stereocenters. The van der Waals surface area contributed by atoms with E-state index < -0.39 is 0 Å². The molecule has 1 aliphatic carbocycles. The van der Waals surface area contributed by atoms with Gasteiger partial charge in [-0.2, -0.15) is 0 Å².